The molecule has 0 saturated carbocycles. The molecule has 0 spiro atoms. The van der Waals surface area contributed by atoms with Crippen molar-refractivity contribution in [2.45, 2.75) is 38.8 Å². The van der Waals surface area contributed by atoms with Gasteiger partial charge in [-0.3, -0.25) is 9.88 Å². The topological polar surface area (TPSA) is 63.5 Å². The maximum atomic E-state index is 12.7. The summed E-state index contributed by atoms with van der Waals surface area (Å²) in [5.74, 6) is 0. The maximum Gasteiger partial charge on any atom is 0.410 e. The van der Waals surface area contributed by atoms with Gasteiger partial charge in [-0.05, 0) is 67.3 Å². The van der Waals surface area contributed by atoms with Gasteiger partial charge in [0.15, 0.2) is 0 Å². The molecule has 1 aliphatic heterocycles. The lowest BCUT2D eigenvalue weighted by molar-refractivity contribution is 0.0118. The third-order valence-electron chi connectivity index (χ3n) is 6.73. The highest BCUT2D eigenvalue weighted by atomic mass is 35.5. The number of pyridine rings is 1. The zero-order valence-electron chi connectivity index (χ0n) is 21.2. The average molecular weight is 506 g/mol. The molecule has 7 nitrogen and oxygen atoms in total. The molecular weight excluding hydrogens is 474 g/mol. The fraction of sp³-hybridized carbons (Fsp3) is 0.393. The van der Waals surface area contributed by atoms with E-state index in [1.165, 1.54) is 11.1 Å². The summed E-state index contributed by atoms with van der Waals surface area (Å²) in [6, 6.07) is 10.2. The molecule has 1 saturated heterocycles. The number of nitrogens with zero attached hydrogens (tertiary/aromatic N) is 5. The predicted octanol–water partition coefficient (Wildman–Crippen LogP) is 5.21. The van der Waals surface area contributed by atoms with Crippen molar-refractivity contribution in [1.29, 1.82) is 0 Å². The second kappa shape index (κ2) is 9.71. The summed E-state index contributed by atoms with van der Waals surface area (Å²) < 4.78 is 7.65. The van der Waals surface area contributed by atoms with E-state index < -0.39 is 5.60 Å². The molecule has 8 heteroatoms. The zero-order valence-corrected chi connectivity index (χ0v) is 22.0. The standard InChI is InChI=1S/C28H32ClN5O2/c1-28(2,3)36-27(35)34-12-10-33(11-13-34)26-23-8-7-21(29)16-24(23)20(15-22-17-30-18-32(22)4)14-19-6-5-9-31-25(19)26/h5-9,14,16-18,26H,10-13,15H2,1-4H3. The van der Waals surface area contributed by atoms with Crippen molar-refractivity contribution in [3.05, 3.63) is 82.2 Å². The van der Waals surface area contributed by atoms with Crippen molar-refractivity contribution in [2.75, 3.05) is 26.2 Å². The van der Waals surface area contributed by atoms with Crippen LogP contribution in [0.3, 0.4) is 0 Å². The van der Waals surface area contributed by atoms with Crippen LogP contribution < -0.4 is 0 Å². The lowest BCUT2D eigenvalue weighted by Crippen LogP contribution is -2.51. The van der Waals surface area contributed by atoms with E-state index in [0.29, 0.717) is 18.1 Å². The highest BCUT2D eigenvalue weighted by Gasteiger charge is 2.34. The van der Waals surface area contributed by atoms with E-state index in [-0.39, 0.29) is 12.1 Å². The number of aryl methyl sites for hydroxylation is 1. The van der Waals surface area contributed by atoms with Crippen LogP contribution in [0.15, 0.2) is 49.1 Å². The van der Waals surface area contributed by atoms with Crippen LogP contribution in [0.2, 0.25) is 5.02 Å². The third kappa shape index (κ3) is 5.04. The average Bonchev–Trinajstić information content (AvgIpc) is 3.18. The quantitative estimate of drug-likeness (QED) is 0.489. The van der Waals surface area contributed by atoms with Gasteiger partial charge in [0.1, 0.15) is 5.60 Å². The van der Waals surface area contributed by atoms with E-state index in [1.807, 2.05) is 63.2 Å². The molecule has 5 rings (SSSR count). The van der Waals surface area contributed by atoms with Crippen LogP contribution in [0.4, 0.5) is 4.79 Å². The van der Waals surface area contributed by atoms with Gasteiger partial charge in [-0.25, -0.2) is 9.78 Å². The Morgan fingerprint density at radius 1 is 1.17 bits per heavy atom. The van der Waals surface area contributed by atoms with Crippen molar-refractivity contribution >= 4 is 29.3 Å². The first-order valence-electron chi connectivity index (χ1n) is 12.3. The van der Waals surface area contributed by atoms with Crippen molar-refractivity contribution in [3.63, 3.8) is 0 Å². The van der Waals surface area contributed by atoms with Crippen molar-refractivity contribution in [3.8, 4) is 0 Å². The van der Waals surface area contributed by atoms with Gasteiger partial charge in [-0.15, -0.1) is 0 Å². The smallest absolute Gasteiger partial charge is 0.410 e. The molecule has 188 valence electrons. The van der Waals surface area contributed by atoms with Crippen LogP contribution in [0, 0.1) is 0 Å². The monoisotopic (exact) mass is 505 g/mol. The number of amides is 1. The van der Waals surface area contributed by atoms with E-state index >= 15 is 0 Å². The van der Waals surface area contributed by atoms with Gasteiger partial charge < -0.3 is 14.2 Å². The van der Waals surface area contributed by atoms with Crippen LogP contribution in [0.25, 0.3) is 11.6 Å². The molecular formula is C28H32ClN5O2. The molecule has 0 N–H and O–H groups in total. The van der Waals surface area contributed by atoms with Crippen molar-refractivity contribution < 1.29 is 9.53 Å². The molecule has 3 aromatic rings. The van der Waals surface area contributed by atoms with Gasteiger partial charge in [0.25, 0.3) is 0 Å². The molecule has 1 amide bonds. The Kier molecular flexibility index (Phi) is 6.62. The van der Waals surface area contributed by atoms with E-state index in [9.17, 15) is 4.79 Å². The SMILES string of the molecule is Cn1cncc1CC1=Cc2cccnc2C(N2CCN(C(=O)OC(C)(C)C)CC2)c2ccc(Cl)cc21. The zero-order chi connectivity index (χ0) is 25.4. The van der Waals surface area contributed by atoms with E-state index in [2.05, 4.69) is 34.2 Å². The number of aromatic nitrogens is 3. The van der Waals surface area contributed by atoms with Gasteiger partial charge in [-0.1, -0.05) is 23.7 Å². The Morgan fingerprint density at radius 2 is 1.94 bits per heavy atom. The number of ether oxygens (including phenoxy) is 1. The maximum absolute atomic E-state index is 12.7. The fourth-order valence-electron chi connectivity index (χ4n) is 4.99. The number of hydrogen-bond donors (Lipinski definition) is 0. The number of allylic oxidation sites excluding steroid dienone is 1. The Morgan fingerprint density at radius 3 is 2.64 bits per heavy atom. The van der Waals surface area contributed by atoms with Crippen LogP contribution in [-0.2, 0) is 18.2 Å². The number of halogens is 1. The number of carbonyl (C=O) groups is 1. The van der Waals surface area contributed by atoms with Crippen LogP contribution in [0.1, 0.15) is 54.9 Å². The molecule has 2 aliphatic rings. The minimum atomic E-state index is -0.507. The Bertz CT molecular complexity index is 1300. The molecule has 1 aromatic carbocycles. The number of carbonyl (C=O) groups excluding carboxylic acids is 1. The number of benzene rings is 1. The minimum absolute atomic E-state index is 0.0467. The van der Waals surface area contributed by atoms with Crippen molar-refractivity contribution in [1.82, 2.24) is 24.3 Å². The molecule has 3 heterocycles. The van der Waals surface area contributed by atoms with E-state index in [4.69, 9.17) is 21.3 Å². The van der Waals surface area contributed by atoms with E-state index in [0.717, 1.165) is 42.0 Å². The number of rotatable bonds is 3. The molecule has 1 atom stereocenters. The summed E-state index contributed by atoms with van der Waals surface area (Å²) in [5.41, 5.74) is 6.22. The van der Waals surface area contributed by atoms with Crippen LogP contribution in [-0.4, -0.2) is 62.2 Å². The summed E-state index contributed by atoms with van der Waals surface area (Å²) in [6.07, 6.45) is 8.31. The highest BCUT2D eigenvalue weighted by molar-refractivity contribution is 6.30. The van der Waals surface area contributed by atoms with Crippen LogP contribution in [0.5, 0.6) is 0 Å². The van der Waals surface area contributed by atoms with E-state index in [1.54, 1.807) is 4.90 Å². The van der Waals surface area contributed by atoms with Crippen molar-refractivity contribution in [2.24, 2.45) is 7.05 Å². The lowest BCUT2D eigenvalue weighted by Gasteiger charge is -2.40. The first-order valence-corrected chi connectivity index (χ1v) is 12.7. The normalized spacial score (nSPS) is 18.2. The molecule has 0 radical (unpaired) electrons. The molecule has 2 aromatic heterocycles. The van der Waals surface area contributed by atoms with Crippen LogP contribution >= 0.6 is 11.6 Å². The van der Waals surface area contributed by atoms with Gasteiger partial charge >= 0.3 is 6.09 Å². The molecule has 36 heavy (non-hydrogen) atoms. The van der Waals surface area contributed by atoms with Gasteiger partial charge in [0.05, 0.1) is 18.1 Å². The Hall–Kier alpha value is -3.16. The first-order chi connectivity index (χ1) is 17.2. The molecule has 1 fully saturated rings. The number of imidazole rings is 1. The largest absolute Gasteiger partial charge is 0.444 e. The lowest BCUT2D eigenvalue weighted by atomic mass is 9.92. The Labute approximate surface area is 217 Å². The predicted molar refractivity (Wildman–Crippen MR) is 142 cm³/mol. The number of fused-ring (bicyclic) bond motifs is 2. The Balaban J connectivity index is 1.50. The van der Waals surface area contributed by atoms with Gasteiger partial charge in [0, 0.05) is 62.8 Å². The summed E-state index contributed by atoms with van der Waals surface area (Å²) in [7, 11) is 2.01. The third-order valence-corrected chi connectivity index (χ3v) is 6.97. The second-order valence-corrected chi connectivity index (χ2v) is 10.9. The summed E-state index contributed by atoms with van der Waals surface area (Å²) in [5, 5.41) is 0.706. The molecule has 1 unspecified atom stereocenters. The van der Waals surface area contributed by atoms with Gasteiger partial charge in [-0.2, -0.15) is 0 Å². The number of piperazine rings is 1. The first kappa shape index (κ1) is 24.5. The summed E-state index contributed by atoms with van der Waals surface area (Å²) >= 11 is 6.53. The highest BCUT2D eigenvalue weighted by Crippen LogP contribution is 2.41. The minimum Gasteiger partial charge on any atom is -0.444 e. The second-order valence-electron chi connectivity index (χ2n) is 10.5. The molecule has 1 aliphatic carbocycles. The summed E-state index contributed by atoms with van der Waals surface area (Å²) in [4.78, 5) is 26.0. The van der Waals surface area contributed by atoms with Gasteiger partial charge in [0.2, 0.25) is 0 Å². The number of hydrogen-bond acceptors (Lipinski definition) is 5. The summed E-state index contributed by atoms with van der Waals surface area (Å²) in [6.45, 7) is 8.34. The fourth-order valence-corrected chi connectivity index (χ4v) is 5.17. The molecule has 0 bridgehead atoms.